The molecule has 32 heavy (non-hydrogen) atoms. The molecule has 0 saturated heterocycles. The number of thiazole rings is 1. The molecule has 1 N–H and O–H groups in total. The van der Waals surface area contributed by atoms with Crippen molar-refractivity contribution in [2.75, 3.05) is 18.9 Å². The number of fused-ring (bicyclic) bond motifs is 1. The van der Waals surface area contributed by atoms with Crippen molar-refractivity contribution < 1.29 is 26.9 Å². The molecule has 0 spiro atoms. The zero-order chi connectivity index (χ0) is 22.9. The van der Waals surface area contributed by atoms with Crippen molar-refractivity contribution in [3.63, 3.8) is 0 Å². The summed E-state index contributed by atoms with van der Waals surface area (Å²) >= 11 is 1.32. The van der Waals surface area contributed by atoms with Gasteiger partial charge in [0.25, 0.3) is 0 Å². The van der Waals surface area contributed by atoms with Gasteiger partial charge < -0.3 is 9.47 Å². The van der Waals surface area contributed by atoms with Crippen molar-refractivity contribution in [1.29, 1.82) is 0 Å². The average molecular weight is 480 g/mol. The van der Waals surface area contributed by atoms with Gasteiger partial charge in [-0.15, -0.1) is 11.3 Å². The monoisotopic (exact) mass is 479 g/mol. The molecule has 0 aliphatic carbocycles. The van der Waals surface area contributed by atoms with Crippen LogP contribution in [0.2, 0.25) is 0 Å². The second kappa shape index (κ2) is 8.75. The summed E-state index contributed by atoms with van der Waals surface area (Å²) in [6, 6.07) is 9.98. The van der Waals surface area contributed by atoms with Crippen molar-refractivity contribution >= 4 is 38.2 Å². The lowest BCUT2D eigenvalue weighted by molar-refractivity contribution is -0.137. The Morgan fingerprint density at radius 2 is 1.88 bits per heavy atom. The highest BCUT2D eigenvalue weighted by Gasteiger charge is 2.31. The number of hydrogen-bond acceptors (Lipinski definition) is 6. The predicted octanol–water partition coefficient (Wildman–Crippen LogP) is 5.53. The van der Waals surface area contributed by atoms with Gasteiger partial charge in [-0.3, -0.25) is 4.72 Å². The largest absolute Gasteiger partial charge is 0.496 e. The summed E-state index contributed by atoms with van der Waals surface area (Å²) in [7, 11) is 1.18. The summed E-state index contributed by atoms with van der Waals surface area (Å²) in [5, 5.41) is 3.57. The third-order valence-corrected chi connectivity index (χ3v) is 6.48. The first-order chi connectivity index (χ1) is 15.3. The van der Waals surface area contributed by atoms with Gasteiger partial charge in [0.2, 0.25) is 5.88 Å². The molecule has 166 valence electrons. The van der Waals surface area contributed by atoms with Crippen LogP contribution in [0.25, 0.3) is 22.0 Å². The quantitative estimate of drug-likeness (QED) is 0.394. The zero-order valence-electron chi connectivity index (χ0n) is 16.8. The number of aromatic nitrogens is 2. The molecule has 0 aliphatic rings. The number of halogens is 3. The summed E-state index contributed by atoms with van der Waals surface area (Å²) in [4.78, 5) is 8.99. The van der Waals surface area contributed by atoms with Gasteiger partial charge in [-0.05, 0) is 35.7 Å². The summed E-state index contributed by atoms with van der Waals surface area (Å²) < 4.78 is 65.4. The summed E-state index contributed by atoms with van der Waals surface area (Å²) in [6.45, 7) is 0. The van der Waals surface area contributed by atoms with Crippen LogP contribution in [-0.4, -0.2) is 28.4 Å². The predicted molar refractivity (Wildman–Crippen MR) is 117 cm³/mol. The molecule has 4 aromatic rings. The summed E-state index contributed by atoms with van der Waals surface area (Å²) in [5.41, 5.74) is -0.0643. The molecule has 11 heteroatoms. The molecular formula is C21H16F3N3O3S2. The third kappa shape index (κ3) is 4.39. The van der Waals surface area contributed by atoms with Crippen LogP contribution in [0.15, 0.2) is 58.9 Å². The van der Waals surface area contributed by atoms with Crippen LogP contribution in [-0.2, 0) is 17.2 Å². The van der Waals surface area contributed by atoms with Crippen LogP contribution < -0.4 is 14.2 Å². The van der Waals surface area contributed by atoms with Crippen LogP contribution in [0, 0.1) is 0 Å². The van der Waals surface area contributed by atoms with Crippen LogP contribution in [0.3, 0.4) is 0 Å². The average Bonchev–Trinajstić information content (AvgIpc) is 3.29. The Bertz CT molecular complexity index is 1290. The molecule has 0 aliphatic heterocycles. The number of alkyl halides is 3. The molecule has 0 saturated carbocycles. The van der Waals surface area contributed by atoms with Crippen molar-refractivity contribution in [2.45, 2.75) is 11.1 Å². The molecule has 0 bridgehead atoms. The van der Waals surface area contributed by atoms with Gasteiger partial charge in [0.15, 0.2) is 16.1 Å². The van der Waals surface area contributed by atoms with Crippen LogP contribution in [0.5, 0.6) is 11.6 Å². The van der Waals surface area contributed by atoms with E-state index in [0.717, 1.165) is 12.1 Å². The molecular weight excluding hydrogens is 463 g/mol. The maximum atomic E-state index is 13.1. The lowest BCUT2D eigenvalue weighted by Gasteiger charge is -2.15. The molecule has 2 heterocycles. The Labute approximate surface area is 187 Å². The Morgan fingerprint density at radius 3 is 2.53 bits per heavy atom. The first-order valence-electron chi connectivity index (χ1n) is 9.12. The van der Waals surface area contributed by atoms with E-state index in [1.54, 1.807) is 35.8 Å². The van der Waals surface area contributed by atoms with E-state index in [1.807, 2.05) is 0 Å². The second-order valence-corrected chi connectivity index (χ2v) is 8.62. The van der Waals surface area contributed by atoms with E-state index in [2.05, 4.69) is 14.7 Å². The minimum Gasteiger partial charge on any atom is -0.496 e. The van der Waals surface area contributed by atoms with Gasteiger partial charge in [-0.25, -0.2) is 14.2 Å². The van der Waals surface area contributed by atoms with E-state index in [4.69, 9.17) is 9.47 Å². The van der Waals surface area contributed by atoms with E-state index < -0.39 is 22.7 Å². The third-order valence-electron chi connectivity index (χ3n) is 4.60. The van der Waals surface area contributed by atoms with Gasteiger partial charge >= 0.3 is 6.18 Å². The fourth-order valence-corrected chi connectivity index (χ4v) is 4.66. The van der Waals surface area contributed by atoms with Gasteiger partial charge in [0.1, 0.15) is 5.75 Å². The molecule has 1 atom stereocenters. The van der Waals surface area contributed by atoms with Crippen molar-refractivity contribution in [2.24, 2.45) is 0 Å². The first-order valence-corrected chi connectivity index (χ1v) is 11.2. The Balaban J connectivity index is 1.82. The van der Waals surface area contributed by atoms with Gasteiger partial charge in [-0.2, -0.15) is 13.2 Å². The van der Waals surface area contributed by atoms with E-state index in [-0.39, 0.29) is 11.6 Å². The van der Waals surface area contributed by atoms with E-state index in [1.165, 1.54) is 31.6 Å². The second-order valence-electron chi connectivity index (χ2n) is 6.52. The van der Waals surface area contributed by atoms with E-state index in [0.29, 0.717) is 32.1 Å². The molecule has 0 radical (unpaired) electrons. The van der Waals surface area contributed by atoms with Crippen molar-refractivity contribution in [3.05, 3.63) is 59.6 Å². The first kappa shape index (κ1) is 22.0. The highest BCUT2D eigenvalue weighted by atomic mass is 32.2. The lowest BCUT2D eigenvalue weighted by atomic mass is 10.0. The normalized spacial score (nSPS) is 12.5. The SMILES string of the molecule is COc1cc2cc(S(=O)Nc3nccs3)ccc2c(-c2ccc(C(F)(F)F)cc2OC)n1. The molecule has 2 aromatic carbocycles. The highest BCUT2D eigenvalue weighted by Crippen LogP contribution is 2.39. The fraction of sp³-hybridized carbons (Fsp3) is 0.143. The molecule has 2 aromatic heterocycles. The lowest BCUT2D eigenvalue weighted by Crippen LogP contribution is -2.06. The number of methoxy groups -OCH3 is 2. The summed E-state index contributed by atoms with van der Waals surface area (Å²) in [6.07, 6.45) is -2.90. The number of ether oxygens (including phenoxy) is 2. The van der Waals surface area contributed by atoms with Crippen LogP contribution in [0.4, 0.5) is 18.3 Å². The van der Waals surface area contributed by atoms with Crippen molar-refractivity contribution in [1.82, 2.24) is 9.97 Å². The van der Waals surface area contributed by atoms with Crippen LogP contribution >= 0.6 is 11.3 Å². The highest BCUT2D eigenvalue weighted by molar-refractivity contribution is 7.86. The number of hydrogen-bond donors (Lipinski definition) is 1. The standard InChI is InChI=1S/C21H16F3N3O3S2/c1-29-17-11-13(21(22,23)24)3-5-16(17)19-15-6-4-14(9-12(15)10-18(26-19)30-2)32(28)27-20-25-7-8-31-20/h3-11H,1-2H3,(H,25,27). The van der Waals surface area contributed by atoms with Crippen molar-refractivity contribution in [3.8, 4) is 22.9 Å². The number of benzene rings is 2. The van der Waals surface area contributed by atoms with Crippen LogP contribution in [0.1, 0.15) is 5.56 Å². The molecule has 1 unspecified atom stereocenters. The van der Waals surface area contributed by atoms with Gasteiger partial charge in [-0.1, -0.05) is 6.07 Å². The molecule has 0 amide bonds. The van der Waals surface area contributed by atoms with Gasteiger partial charge in [0.05, 0.1) is 30.4 Å². The van der Waals surface area contributed by atoms with E-state index in [9.17, 15) is 17.4 Å². The number of pyridine rings is 1. The minimum absolute atomic E-state index is 0.0277. The number of rotatable bonds is 6. The molecule has 0 fully saturated rings. The Morgan fingerprint density at radius 1 is 1.06 bits per heavy atom. The zero-order valence-corrected chi connectivity index (χ0v) is 18.4. The fourth-order valence-electron chi connectivity index (χ4n) is 3.11. The number of anilines is 1. The topological polar surface area (TPSA) is 73.3 Å². The maximum Gasteiger partial charge on any atom is 0.416 e. The smallest absolute Gasteiger partial charge is 0.416 e. The minimum atomic E-state index is -4.50. The summed E-state index contributed by atoms with van der Waals surface area (Å²) in [5.74, 6) is 0.283. The van der Waals surface area contributed by atoms with Gasteiger partial charge in [0, 0.05) is 28.6 Å². The Hall–Kier alpha value is -3.18. The number of nitrogens with zero attached hydrogens (tertiary/aromatic N) is 2. The Kier molecular flexibility index (Phi) is 6.02. The number of nitrogens with one attached hydrogen (secondary N) is 1. The molecule has 4 rings (SSSR count). The molecule has 6 nitrogen and oxygen atoms in total. The maximum absolute atomic E-state index is 13.1. The van der Waals surface area contributed by atoms with E-state index >= 15 is 0 Å².